The highest BCUT2D eigenvalue weighted by Gasteiger charge is 2.48. The number of hydrogen-bond acceptors (Lipinski definition) is 3. The molecule has 0 bridgehead atoms. The molecule has 1 aromatic rings. The molecule has 24 heavy (non-hydrogen) atoms. The van der Waals surface area contributed by atoms with Gasteiger partial charge in [-0.05, 0) is 37.8 Å². The summed E-state index contributed by atoms with van der Waals surface area (Å²) in [6.07, 6.45) is -1.92. The summed E-state index contributed by atoms with van der Waals surface area (Å²) >= 11 is 0. The van der Waals surface area contributed by atoms with Crippen LogP contribution >= 0.6 is 0 Å². The minimum absolute atomic E-state index is 0.0860. The standard InChI is InChI=1S/C16H20F3NO3S/c17-16(18,19)12-5-1-2-6-13(12)24(22,23)20-10-4-9-15(11-20)8-3-7-14(15)21/h1-2,5-6,14,21H,3-4,7-11H2/t14?,15-/m1/s1. The summed E-state index contributed by atoms with van der Waals surface area (Å²) in [5.41, 5.74) is -1.66. The average molecular weight is 363 g/mol. The van der Waals surface area contributed by atoms with Crippen LogP contribution in [0.1, 0.15) is 37.7 Å². The van der Waals surface area contributed by atoms with Crippen LogP contribution in [0.25, 0.3) is 0 Å². The number of piperidine rings is 1. The van der Waals surface area contributed by atoms with Crippen molar-refractivity contribution in [1.29, 1.82) is 0 Å². The Hall–Kier alpha value is -1.12. The molecule has 1 aromatic carbocycles. The molecule has 1 aliphatic carbocycles. The van der Waals surface area contributed by atoms with Gasteiger partial charge in [0.1, 0.15) is 0 Å². The second kappa shape index (κ2) is 6.00. The molecule has 134 valence electrons. The van der Waals surface area contributed by atoms with E-state index in [0.717, 1.165) is 22.9 Å². The van der Waals surface area contributed by atoms with Gasteiger partial charge < -0.3 is 5.11 Å². The van der Waals surface area contributed by atoms with Crippen molar-refractivity contribution >= 4 is 10.0 Å². The van der Waals surface area contributed by atoms with Gasteiger partial charge in [0.25, 0.3) is 0 Å². The van der Waals surface area contributed by atoms with Gasteiger partial charge in [-0.2, -0.15) is 17.5 Å². The molecule has 1 aliphatic heterocycles. The van der Waals surface area contributed by atoms with Crippen molar-refractivity contribution in [3.8, 4) is 0 Å². The number of halogens is 3. The summed E-state index contributed by atoms with van der Waals surface area (Å²) in [6.45, 7) is 0.270. The molecule has 8 heteroatoms. The maximum atomic E-state index is 13.2. The van der Waals surface area contributed by atoms with Crippen molar-refractivity contribution in [3.05, 3.63) is 29.8 Å². The van der Waals surface area contributed by atoms with Gasteiger partial charge in [-0.15, -0.1) is 0 Å². The zero-order valence-electron chi connectivity index (χ0n) is 13.1. The number of aliphatic hydroxyl groups is 1. The average Bonchev–Trinajstić information content (AvgIpc) is 2.87. The summed E-state index contributed by atoms with van der Waals surface area (Å²) in [7, 11) is -4.26. The van der Waals surface area contributed by atoms with Crippen LogP contribution in [0.4, 0.5) is 13.2 Å². The van der Waals surface area contributed by atoms with Gasteiger partial charge in [0.2, 0.25) is 10.0 Å². The van der Waals surface area contributed by atoms with Gasteiger partial charge in [-0.1, -0.05) is 18.6 Å². The van der Waals surface area contributed by atoms with E-state index in [1.54, 1.807) is 0 Å². The molecule has 1 saturated carbocycles. The Kier molecular flexibility index (Phi) is 4.42. The molecule has 1 spiro atoms. The summed E-state index contributed by atoms with van der Waals surface area (Å²) in [5.74, 6) is 0. The van der Waals surface area contributed by atoms with Crippen LogP contribution in [-0.2, 0) is 16.2 Å². The monoisotopic (exact) mass is 363 g/mol. The lowest BCUT2D eigenvalue weighted by Gasteiger charge is -2.42. The first kappa shape index (κ1) is 17.7. The van der Waals surface area contributed by atoms with Crippen LogP contribution in [0.3, 0.4) is 0 Å². The Bertz CT molecular complexity index is 720. The molecule has 0 amide bonds. The highest BCUT2D eigenvalue weighted by atomic mass is 32.2. The predicted molar refractivity (Wildman–Crippen MR) is 81.7 cm³/mol. The number of hydrogen-bond donors (Lipinski definition) is 1. The molecule has 2 atom stereocenters. The lowest BCUT2D eigenvalue weighted by molar-refractivity contribution is -0.139. The van der Waals surface area contributed by atoms with E-state index in [1.807, 2.05) is 0 Å². The van der Waals surface area contributed by atoms with Crippen molar-refractivity contribution in [2.24, 2.45) is 5.41 Å². The molecular formula is C16H20F3NO3S. The molecule has 2 aliphatic rings. The van der Waals surface area contributed by atoms with Crippen molar-refractivity contribution in [1.82, 2.24) is 4.31 Å². The first-order valence-electron chi connectivity index (χ1n) is 8.01. The van der Waals surface area contributed by atoms with E-state index in [-0.39, 0.29) is 13.1 Å². The molecule has 0 radical (unpaired) electrons. The maximum Gasteiger partial charge on any atom is 0.417 e. The first-order chi connectivity index (χ1) is 11.2. The fraction of sp³-hybridized carbons (Fsp3) is 0.625. The summed E-state index contributed by atoms with van der Waals surface area (Å²) < 4.78 is 66.4. The van der Waals surface area contributed by atoms with Crippen molar-refractivity contribution in [3.63, 3.8) is 0 Å². The zero-order chi connectivity index (χ0) is 17.6. The van der Waals surface area contributed by atoms with Crippen molar-refractivity contribution in [2.45, 2.75) is 49.3 Å². The largest absolute Gasteiger partial charge is 0.417 e. The van der Waals surface area contributed by atoms with Gasteiger partial charge in [0, 0.05) is 18.5 Å². The topological polar surface area (TPSA) is 57.6 Å². The van der Waals surface area contributed by atoms with Gasteiger partial charge >= 0.3 is 6.18 Å². The van der Waals surface area contributed by atoms with Crippen LogP contribution in [0.2, 0.25) is 0 Å². The van der Waals surface area contributed by atoms with E-state index in [2.05, 4.69) is 0 Å². The van der Waals surface area contributed by atoms with Crippen LogP contribution in [0, 0.1) is 5.41 Å². The SMILES string of the molecule is O=S(=O)(c1ccccc1C(F)(F)F)N1CCC[C@]2(CCCC2O)C1. The van der Waals surface area contributed by atoms with Crippen LogP contribution in [0.15, 0.2) is 29.2 Å². The van der Waals surface area contributed by atoms with E-state index >= 15 is 0 Å². The Labute approximate surface area is 139 Å². The second-order valence-electron chi connectivity index (χ2n) is 6.71. The fourth-order valence-electron chi connectivity index (χ4n) is 3.98. The third kappa shape index (κ3) is 2.95. The molecule has 1 heterocycles. The van der Waals surface area contributed by atoms with E-state index in [0.29, 0.717) is 25.7 Å². The van der Waals surface area contributed by atoms with Crippen LogP contribution in [-0.4, -0.2) is 37.0 Å². The quantitative estimate of drug-likeness (QED) is 0.879. The molecule has 1 N–H and O–H groups in total. The Morgan fingerprint density at radius 1 is 1.17 bits per heavy atom. The van der Waals surface area contributed by atoms with Gasteiger partial charge in [0.15, 0.2) is 0 Å². The van der Waals surface area contributed by atoms with E-state index in [1.165, 1.54) is 12.1 Å². The van der Waals surface area contributed by atoms with E-state index < -0.39 is 38.2 Å². The normalized spacial score (nSPS) is 29.2. The van der Waals surface area contributed by atoms with Crippen LogP contribution in [0.5, 0.6) is 0 Å². The molecule has 1 unspecified atom stereocenters. The molecular weight excluding hydrogens is 343 g/mol. The summed E-state index contributed by atoms with van der Waals surface area (Å²) in [5, 5.41) is 10.2. The fourth-order valence-corrected chi connectivity index (χ4v) is 5.77. The lowest BCUT2D eigenvalue weighted by atomic mass is 9.77. The highest BCUT2D eigenvalue weighted by Crippen LogP contribution is 2.46. The smallest absolute Gasteiger partial charge is 0.392 e. The number of nitrogens with zero attached hydrogens (tertiary/aromatic N) is 1. The first-order valence-corrected chi connectivity index (χ1v) is 9.45. The number of benzene rings is 1. The second-order valence-corrected chi connectivity index (χ2v) is 8.61. The summed E-state index contributed by atoms with van der Waals surface area (Å²) in [6, 6.07) is 4.27. The molecule has 0 aromatic heterocycles. The minimum Gasteiger partial charge on any atom is -0.392 e. The summed E-state index contributed by atoms with van der Waals surface area (Å²) in [4.78, 5) is -0.706. The molecule has 4 nitrogen and oxygen atoms in total. The Morgan fingerprint density at radius 3 is 2.46 bits per heavy atom. The van der Waals surface area contributed by atoms with Gasteiger partial charge in [0.05, 0.1) is 16.6 Å². The van der Waals surface area contributed by atoms with E-state index in [9.17, 15) is 26.7 Å². The highest BCUT2D eigenvalue weighted by molar-refractivity contribution is 7.89. The maximum absolute atomic E-state index is 13.2. The Morgan fingerprint density at radius 2 is 1.83 bits per heavy atom. The molecule has 1 saturated heterocycles. The number of rotatable bonds is 2. The predicted octanol–water partition coefficient (Wildman–Crippen LogP) is 3.02. The Balaban J connectivity index is 1.97. The lowest BCUT2D eigenvalue weighted by Crippen LogP contribution is -2.49. The number of sulfonamides is 1. The van der Waals surface area contributed by atoms with Gasteiger partial charge in [-0.25, -0.2) is 8.42 Å². The zero-order valence-corrected chi connectivity index (χ0v) is 13.9. The molecule has 2 fully saturated rings. The number of aliphatic hydroxyl groups excluding tert-OH is 1. The third-order valence-corrected chi connectivity index (χ3v) is 7.15. The van der Waals surface area contributed by atoms with Crippen molar-refractivity contribution in [2.75, 3.05) is 13.1 Å². The number of alkyl halides is 3. The van der Waals surface area contributed by atoms with Crippen molar-refractivity contribution < 1.29 is 26.7 Å². The van der Waals surface area contributed by atoms with Gasteiger partial charge in [-0.3, -0.25) is 0 Å². The third-order valence-electron chi connectivity index (χ3n) is 5.24. The van der Waals surface area contributed by atoms with E-state index in [4.69, 9.17) is 0 Å². The van der Waals surface area contributed by atoms with Crippen LogP contribution < -0.4 is 0 Å². The minimum atomic E-state index is -4.73. The molecule has 3 rings (SSSR count).